The third kappa shape index (κ3) is 5.63. The van der Waals surface area contributed by atoms with Crippen LogP contribution in [-0.4, -0.2) is 15.0 Å². The Balaban J connectivity index is 1.21. The number of benzene rings is 8. The fourth-order valence-corrected chi connectivity index (χ4v) is 7.26. The van der Waals surface area contributed by atoms with Crippen molar-refractivity contribution in [3.8, 4) is 67.5 Å². The second kappa shape index (κ2) is 12.9. The fourth-order valence-electron chi connectivity index (χ4n) is 7.26. The van der Waals surface area contributed by atoms with Gasteiger partial charge in [0.25, 0.3) is 0 Å². The summed E-state index contributed by atoms with van der Waals surface area (Å²) < 4.78 is 6.70. The topological polar surface area (TPSA) is 51.8 Å². The van der Waals surface area contributed by atoms with Gasteiger partial charge in [-0.05, 0) is 63.0 Å². The molecule has 0 saturated carbocycles. The van der Waals surface area contributed by atoms with Gasteiger partial charge in [0.1, 0.15) is 11.2 Å². The lowest BCUT2D eigenvalue weighted by molar-refractivity contribution is 0.672. The average molecular weight is 678 g/mol. The maximum absolute atomic E-state index is 6.70. The number of hydrogen-bond acceptors (Lipinski definition) is 4. The Labute approximate surface area is 306 Å². The summed E-state index contributed by atoms with van der Waals surface area (Å²) in [5.74, 6) is 1.80. The van der Waals surface area contributed by atoms with Crippen LogP contribution < -0.4 is 0 Å². The van der Waals surface area contributed by atoms with Crippen molar-refractivity contribution in [3.63, 3.8) is 0 Å². The number of aromatic nitrogens is 3. The van der Waals surface area contributed by atoms with Crippen molar-refractivity contribution < 1.29 is 4.42 Å². The molecule has 0 aliphatic rings. The zero-order chi connectivity index (χ0) is 35.1. The molecule has 4 nitrogen and oxygen atoms in total. The minimum Gasteiger partial charge on any atom is -0.455 e. The van der Waals surface area contributed by atoms with Crippen LogP contribution in [0.2, 0.25) is 0 Å². The molecule has 2 heterocycles. The van der Waals surface area contributed by atoms with Crippen molar-refractivity contribution in [3.05, 3.63) is 188 Å². The highest BCUT2D eigenvalue weighted by Gasteiger charge is 2.21. The molecule has 0 radical (unpaired) electrons. The number of rotatable bonds is 6. The van der Waals surface area contributed by atoms with E-state index >= 15 is 0 Å². The number of para-hydroxylation sites is 1. The van der Waals surface area contributed by atoms with Gasteiger partial charge in [0.2, 0.25) is 0 Å². The van der Waals surface area contributed by atoms with E-state index in [-0.39, 0.29) is 0 Å². The van der Waals surface area contributed by atoms with E-state index in [4.69, 9.17) is 19.4 Å². The van der Waals surface area contributed by atoms with Gasteiger partial charge in [-0.2, -0.15) is 0 Å². The van der Waals surface area contributed by atoms with E-state index in [9.17, 15) is 0 Å². The minimum atomic E-state index is 0.591. The van der Waals surface area contributed by atoms with Crippen LogP contribution in [0.3, 0.4) is 0 Å². The number of hydrogen-bond donors (Lipinski definition) is 0. The molecular formula is C49H31N3O. The van der Waals surface area contributed by atoms with Gasteiger partial charge >= 0.3 is 0 Å². The van der Waals surface area contributed by atoms with Gasteiger partial charge < -0.3 is 4.42 Å². The molecule has 2 aromatic heterocycles. The average Bonchev–Trinajstić information content (AvgIpc) is 3.64. The van der Waals surface area contributed by atoms with Gasteiger partial charge in [0.05, 0.1) is 0 Å². The normalized spacial score (nSPS) is 11.4. The van der Waals surface area contributed by atoms with E-state index in [1.54, 1.807) is 0 Å². The molecule has 53 heavy (non-hydrogen) atoms. The molecule has 10 rings (SSSR count). The maximum atomic E-state index is 6.70. The van der Waals surface area contributed by atoms with Crippen LogP contribution in [0.4, 0.5) is 0 Å². The van der Waals surface area contributed by atoms with Crippen LogP contribution in [0.15, 0.2) is 192 Å². The molecule has 4 heteroatoms. The van der Waals surface area contributed by atoms with E-state index in [0.29, 0.717) is 17.5 Å². The molecule has 0 atom stereocenters. The molecule has 0 saturated heterocycles. The Kier molecular flexibility index (Phi) is 7.43. The second-order valence-corrected chi connectivity index (χ2v) is 13.2. The molecule has 0 aliphatic carbocycles. The molecule has 10 aromatic rings. The fraction of sp³-hybridized carbons (Fsp3) is 0. The first kappa shape index (κ1) is 30.6. The predicted molar refractivity (Wildman–Crippen MR) is 217 cm³/mol. The summed E-state index contributed by atoms with van der Waals surface area (Å²) in [5, 5.41) is 4.10. The van der Waals surface area contributed by atoms with Crippen LogP contribution in [0.25, 0.3) is 100 Å². The lowest BCUT2D eigenvalue weighted by Crippen LogP contribution is -2.01. The van der Waals surface area contributed by atoms with Crippen molar-refractivity contribution in [2.75, 3.05) is 0 Å². The Bertz CT molecular complexity index is 2920. The molecule has 0 aliphatic heterocycles. The largest absolute Gasteiger partial charge is 0.455 e. The Morgan fingerprint density at radius 1 is 0.321 bits per heavy atom. The van der Waals surface area contributed by atoms with E-state index in [2.05, 4.69) is 158 Å². The van der Waals surface area contributed by atoms with E-state index < -0.39 is 0 Å². The van der Waals surface area contributed by atoms with Crippen molar-refractivity contribution in [2.24, 2.45) is 0 Å². The molecule has 0 amide bonds. The molecule has 0 bridgehead atoms. The summed E-state index contributed by atoms with van der Waals surface area (Å²) in [6.45, 7) is 0. The third-order valence-electron chi connectivity index (χ3n) is 9.92. The monoisotopic (exact) mass is 677 g/mol. The van der Waals surface area contributed by atoms with Gasteiger partial charge in [-0.25, -0.2) is 15.0 Å². The summed E-state index contributed by atoms with van der Waals surface area (Å²) in [6, 6.07) is 65.1. The zero-order valence-electron chi connectivity index (χ0n) is 28.6. The molecule has 0 N–H and O–H groups in total. The smallest absolute Gasteiger partial charge is 0.164 e. The first-order chi connectivity index (χ1) is 26.2. The number of fused-ring (bicyclic) bond motifs is 5. The van der Waals surface area contributed by atoms with Crippen LogP contribution in [0.1, 0.15) is 0 Å². The summed E-state index contributed by atoms with van der Waals surface area (Å²) in [7, 11) is 0. The Morgan fingerprint density at radius 2 is 0.811 bits per heavy atom. The lowest BCUT2D eigenvalue weighted by Gasteiger charge is -2.12. The first-order valence-corrected chi connectivity index (χ1v) is 17.8. The Hall–Kier alpha value is -7.17. The number of nitrogens with zero attached hydrogens (tertiary/aromatic N) is 3. The zero-order valence-corrected chi connectivity index (χ0v) is 28.6. The van der Waals surface area contributed by atoms with Crippen molar-refractivity contribution in [1.29, 1.82) is 0 Å². The van der Waals surface area contributed by atoms with Gasteiger partial charge in [-0.1, -0.05) is 164 Å². The standard InChI is InChI=1S/C49H31N3O/c1-4-13-32(14-5-1)35-23-25-36(26-24-35)47-50-48(40-20-12-19-37(29-40)33-15-6-2-7-16-33)52-49(51-47)43-31-39-28-27-38(34-17-8-3-9-18-34)30-42(39)46-45(43)41-21-10-11-22-44(41)53-46/h1-31H. The highest BCUT2D eigenvalue weighted by Crippen LogP contribution is 2.42. The highest BCUT2D eigenvalue weighted by atomic mass is 16.3. The van der Waals surface area contributed by atoms with Crippen LogP contribution in [0.5, 0.6) is 0 Å². The van der Waals surface area contributed by atoms with Crippen molar-refractivity contribution in [2.45, 2.75) is 0 Å². The molecular weight excluding hydrogens is 647 g/mol. The third-order valence-corrected chi connectivity index (χ3v) is 9.92. The van der Waals surface area contributed by atoms with Crippen molar-refractivity contribution in [1.82, 2.24) is 15.0 Å². The van der Waals surface area contributed by atoms with Gasteiger partial charge in [-0.3, -0.25) is 0 Å². The maximum Gasteiger partial charge on any atom is 0.164 e. The quantitative estimate of drug-likeness (QED) is 0.176. The van der Waals surface area contributed by atoms with Gasteiger partial charge in [0.15, 0.2) is 17.5 Å². The summed E-state index contributed by atoms with van der Waals surface area (Å²) >= 11 is 0. The summed E-state index contributed by atoms with van der Waals surface area (Å²) in [5.41, 5.74) is 11.2. The minimum absolute atomic E-state index is 0.591. The summed E-state index contributed by atoms with van der Waals surface area (Å²) in [4.78, 5) is 15.6. The predicted octanol–water partition coefficient (Wildman–Crippen LogP) is 12.9. The van der Waals surface area contributed by atoms with Crippen molar-refractivity contribution >= 4 is 32.7 Å². The van der Waals surface area contributed by atoms with Crippen LogP contribution in [0, 0.1) is 0 Å². The van der Waals surface area contributed by atoms with Gasteiger partial charge in [-0.15, -0.1) is 0 Å². The molecule has 8 aromatic carbocycles. The van der Waals surface area contributed by atoms with E-state index in [1.807, 2.05) is 30.3 Å². The Morgan fingerprint density at radius 3 is 1.51 bits per heavy atom. The van der Waals surface area contributed by atoms with E-state index in [0.717, 1.165) is 82.8 Å². The first-order valence-electron chi connectivity index (χ1n) is 17.8. The van der Waals surface area contributed by atoms with Crippen LogP contribution >= 0.6 is 0 Å². The highest BCUT2D eigenvalue weighted by molar-refractivity contribution is 6.21. The second-order valence-electron chi connectivity index (χ2n) is 13.2. The molecule has 0 spiro atoms. The molecule has 0 fully saturated rings. The summed E-state index contributed by atoms with van der Waals surface area (Å²) in [6.07, 6.45) is 0. The van der Waals surface area contributed by atoms with Gasteiger partial charge in [0, 0.05) is 32.8 Å². The lowest BCUT2D eigenvalue weighted by atomic mass is 9.96. The molecule has 248 valence electrons. The SMILES string of the molecule is c1ccc(-c2ccc(-c3nc(-c4cccc(-c5ccccc5)c4)nc(-c4cc5ccc(-c6ccccc6)cc5c5oc6ccccc6c45)n3)cc2)cc1. The van der Waals surface area contributed by atoms with Crippen LogP contribution in [-0.2, 0) is 0 Å². The molecule has 0 unspecified atom stereocenters. The van der Waals surface area contributed by atoms with E-state index in [1.165, 1.54) is 0 Å². The number of furan rings is 1.